The molecule has 15 heteroatoms. The quantitative estimate of drug-likeness (QED) is 0.116. The van der Waals surface area contributed by atoms with Crippen LogP contribution in [0.2, 0.25) is 0 Å². The normalized spacial score (nSPS) is 13.5. The fraction of sp³-hybridized carbons (Fsp3) is 0.349. The van der Waals surface area contributed by atoms with Gasteiger partial charge >= 0.3 is 0 Å². The van der Waals surface area contributed by atoms with E-state index in [4.69, 9.17) is 19.2 Å². The summed E-state index contributed by atoms with van der Waals surface area (Å²) in [6, 6.07) is 20.1. The average molecular weight is 810 g/mol. The number of aryl methyl sites for hydroxylation is 1. The number of aromatic nitrogens is 2. The van der Waals surface area contributed by atoms with E-state index in [2.05, 4.69) is 25.2 Å². The van der Waals surface area contributed by atoms with Gasteiger partial charge in [0.05, 0.1) is 56.1 Å². The van der Waals surface area contributed by atoms with Crippen molar-refractivity contribution in [3.8, 4) is 22.6 Å². The highest BCUT2D eigenvalue weighted by molar-refractivity contribution is 7.92. The second kappa shape index (κ2) is 17.4. The Bertz CT molecular complexity index is 2440. The number of carbonyl (C=O) groups is 2. The molecule has 4 aromatic carbocycles. The number of anilines is 4. The number of methoxy groups -OCH3 is 2. The summed E-state index contributed by atoms with van der Waals surface area (Å²) in [6.07, 6.45) is 2.80. The monoisotopic (exact) mass is 809 g/mol. The summed E-state index contributed by atoms with van der Waals surface area (Å²) in [7, 11) is 1.13. The molecular weight excluding hydrogens is 759 g/mol. The summed E-state index contributed by atoms with van der Waals surface area (Å²) in [5.74, 6) is 0.503. The number of nitrogens with zero attached hydrogens (tertiary/aromatic N) is 4. The maximum Gasteiger partial charge on any atom is 0.257 e. The molecule has 2 amide bonds. The van der Waals surface area contributed by atoms with Gasteiger partial charge in [-0.2, -0.15) is 0 Å². The van der Waals surface area contributed by atoms with Crippen molar-refractivity contribution in [3.05, 3.63) is 95.2 Å². The predicted octanol–water partition coefficient (Wildman–Crippen LogP) is 6.69. The first-order chi connectivity index (χ1) is 27.5. The molecule has 0 unspecified atom stereocenters. The molecule has 3 N–H and O–H groups in total. The number of fused-ring (bicyclic) bond motifs is 1. The third-order valence-electron chi connectivity index (χ3n) is 9.98. The minimum absolute atomic E-state index is 0.125. The van der Waals surface area contributed by atoms with Gasteiger partial charge in [-0.3, -0.25) is 19.2 Å². The molecule has 58 heavy (non-hydrogen) atoms. The zero-order valence-corrected chi connectivity index (χ0v) is 35.0. The highest BCUT2D eigenvalue weighted by Crippen LogP contribution is 2.39. The summed E-state index contributed by atoms with van der Waals surface area (Å²) in [5, 5.41) is 6.98. The Morgan fingerprint density at radius 1 is 0.948 bits per heavy atom. The minimum Gasteiger partial charge on any atom is -0.496 e. The van der Waals surface area contributed by atoms with Crippen LogP contribution in [0.3, 0.4) is 0 Å². The van der Waals surface area contributed by atoms with Crippen molar-refractivity contribution in [2.45, 2.75) is 33.1 Å². The van der Waals surface area contributed by atoms with Crippen LogP contribution in [-0.4, -0.2) is 107 Å². The summed E-state index contributed by atoms with van der Waals surface area (Å²) >= 11 is 0. The molecule has 306 valence electrons. The van der Waals surface area contributed by atoms with Gasteiger partial charge in [-0.05, 0) is 83.1 Å². The lowest BCUT2D eigenvalue weighted by atomic mass is 9.86. The maximum atomic E-state index is 13.8. The smallest absolute Gasteiger partial charge is 0.257 e. The molecule has 1 aromatic heterocycles. The van der Waals surface area contributed by atoms with Crippen LogP contribution in [0.25, 0.3) is 22.0 Å². The predicted molar refractivity (Wildman–Crippen MR) is 228 cm³/mol. The molecule has 14 nitrogen and oxygen atoms in total. The van der Waals surface area contributed by atoms with E-state index in [1.807, 2.05) is 58.0 Å². The van der Waals surface area contributed by atoms with E-state index < -0.39 is 10.0 Å². The third kappa shape index (κ3) is 10.0. The van der Waals surface area contributed by atoms with Crippen molar-refractivity contribution < 1.29 is 32.2 Å². The molecule has 0 spiro atoms. The number of hydrogen-bond acceptors (Lipinski definition) is 11. The van der Waals surface area contributed by atoms with Crippen LogP contribution in [0.1, 0.15) is 52.6 Å². The van der Waals surface area contributed by atoms with Gasteiger partial charge in [0.1, 0.15) is 5.75 Å². The molecule has 1 fully saturated rings. The Kier molecular flexibility index (Phi) is 12.5. The molecule has 0 bridgehead atoms. The third-order valence-corrected chi connectivity index (χ3v) is 10.6. The van der Waals surface area contributed by atoms with Gasteiger partial charge in [-0.25, -0.2) is 18.4 Å². The largest absolute Gasteiger partial charge is 0.496 e. The number of rotatable bonds is 13. The molecule has 2 heterocycles. The highest BCUT2D eigenvalue weighted by atomic mass is 32.2. The van der Waals surface area contributed by atoms with Crippen LogP contribution in [0.4, 0.5) is 23.0 Å². The maximum absolute atomic E-state index is 13.8. The number of nitrogens with one attached hydrogen (secondary N) is 3. The van der Waals surface area contributed by atoms with Crippen molar-refractivity contribution in [1.82, 2.24) is 19.8 Å². The van der Waals surface area contributed by atoms with E-state index in [0.717, 1.165) is 53.5 Å². The molecule has 0 saturated carbocycles. The molecular formula is C43H51N7O7S. The molecule has 1 aliphatic heterocycles. The fourth-order valence-corrected chi connectivity index (χ4v) is 7.23. The SMILES string of the molecule is COc1cc(Nc2ncc3cc(-c4cc(C(=O)Nc5cc(C(C)(C)C)cc(NS(C)(=O)=O)c5OC)ccc4C)ccc3n2)ccc1C(=O)N(C)CCN1CCOCC1. The van der Waals surface area contributed by atoms with Gasteiger partial charge in [0.25, 0.3) is 11.8 Å². The van der Waals surface area contributed by atoms with Gasteiger partial charge in [0, 0.05) is 62.1 Å². The lowest BCUT2D eigenvalue weighted by Crippen LogP contribution is -2.42. The lowest BCUT2D eigenvalue weighted by molar-refractivity contribution is 0.0338. The van der Waals surface area contributed by atoms with Gasteiger partial charge in [-0.15, -0.1) is 0 Å². The average Bonchev–Trinajstić information content (AvgIpc) is 3.19. The van der Waals surface area contributed by atoms with E-state index in [1.54, 1.807) is 54.5 Å². The summed E-state index contributed by atoms with van der Waals surface area (Å²) in [4.78, 5) is 40.4. The van der Waals surface area contributed by atoms with Crippen molar-refractivity contribution in [2.24, 2.45) is 0 Å². The van der Waals surface area contributed by atoms with Crippen LogP contribution < -0.4 is 24.8 Å². The number of benzene rings is 4. The Balaban J connectivity index is 1.19. The van der Waals surface area contributed by atoms with E-state index in [1.165, 1.54) is 14.2 Å². The molecule has 6 rings (SSSR count). The van der Waals surface area contributed by atoms with Gasteiger partial charge < -0.3 is 29.7 Å². The first-order valence-electron chi connectivity index (χ1n) is 18.9. The number of hydrogen-bond donors (Lipinski definition) is 3. The number of morpholine rings is 1. The van der Waals surface area contributed by atoms with Gasteiger partial charge in [0.15, 0.2) is 5.75 Å². The van der Waals surface area contributed by atoms with E-state index in [9.17, 15) is 18.0 Å². The molecule has 5 aromatic rings. The van der Waals surface area contributed by atoms with Gasteiger partial charge in [-0.1, -0.05) is 32.9 Å². The first kappa shape index (κ1) is 41.9. The van der Waals surface area contributed by atoms with Gasteiger partial charge in [0.2, 0.25) is 16.0 Å². The number of carbonyl (C=O) groups excluding carboxylic acids is 2. The second-order valence-electron chi connectivity index (χ2n) is 15.4. The standard InChI is InChI=1S/C43H51N7O7S/c1-27-9-10-29(40(51)46-36-23-31(43(2,3)4)24-37(39(36)56-7)48-58(8,53)54)22-34(27)28-11-14-35-30(21-28)26-44-42(47-35)45-32-12-13-33(38(25-32)55-6)41(52)49(5)15-16-50-17-19-57-20-18-50/h9-14,21-26,48H,15-20H2,1-8H3,(H,46,51)(H,44,45,47). The summed E-state index contributed by atoms with van der Waals surface area (Å²) in [5.41, 5.74) is 5.94. The van der Waals surface area contributed by atoms with E-state index in [-0.39, 0.29) is 28.7 Å². The number of sulfonamides is 1. The summed E-state index contributed by atoms with van der Waals surface area (Å²) in [6.45, 7) is 12.5. The molecule has 1 saturated heterocycles. The highest BCUT2D eigenvalue weighted by Gasteiger charge is 2.23. The number of amides is 2. The zero-order valence-electron chi connectivity index (χ0n) is 34.2. The van der Waals surface area contributed by atoms with E-state index in [0.29, 0.717) is 59.5 Å². The Morgan fingerprint density at radius 3 is 2.38 bits per heavy atom. The fourth-order valence-electron chi connectivity index (χ4n) is 6.68. The zero-order chi connectivity index (χ0) is 41.8. The first-order valence-corrected chi connectivity index (χ1v) is 20.8. The number of ether oxygens (including phenoxy) is 3. The Hall–Kier alpha value is -5.77. The van der Waals surface area contributed by atoms with Crippen molar-refractivity contribution >= 4 is 55.8 Å². The van der Waals surface area contributed by atoms with Crippen LogP contribution in [0.15, 0.2) is 72.9 Å². The van der Waals surface area contributed by atoms with Crippen LogP contribution in [0, 0.1) is 6.92 Å². The number of likely N-dealkylation sites (N-methyl/N-ethyl adjacent to an activating group) is 1. The lowest BCUT2D eigenvalue weighted by Gasteiger charge is -2.28. The van der Waals surface area contributed by atoms with Crippen LogP contribution in [-0.2, 0) is 20.2 Å². The van der Waals surface area contributed by atoms with Crippen LogP contribution in [0.5, 0.6) is 11.5 Å². The van der Waals surface area contributed by atoms with Crippen molar-refractivity contribution in [1.29, 1.82) is 0 Å². The Labute approximate surface area is 340 Å². The Morgan fingerprint density at radius 2 is 1.69 bits per heavy atom. The minimum atomic E-state index is -3.63. The molecule has 0 aliphatic carbocycles. The summed E-state index contributed by atoms with van der Waals surface area (Å²) < 4.78 is 43.5. The van der Waals surface area contributed by atoms with E-state index >= 15 is 0 Å². The second-order valence-corrected chi connectivity index (χ2v) is 17.1. The molecule has 1 aliphatic rings. The molecule has 0 atom stereocenters. The van der Waals surface area contributed by atoms with Crippen LogP contribution >= 0.6 is 0 Å². The van der Waals surface area contributed by atoms with Crippen molar-refractivity contribution in [2.75, 3.05) is 82.3 Å². The molecule has 0 radical (unpaired) electrons. The van der Waals surface area contributed by atoms with Crippen molar-refractivity contribution in [3.63, 3.8) is 0 Å². The topological polar surface area (TPSA) is 164 Å².